The number of hydrogen-bond donors (Lipinski definition) is 0. The lowest BCUT2D eigenvalue weighted by atomic mass is 9.99. The van der Waals surface area contributed by atoms with Crippen molar-refractivity contribution in [3.63, 3.8) is 0 Å². The van der Waals surface area contributed by atoms with Gasteiger partial charge in [-0.05, 0) is 93.0 Å². The summed E-state index contributed by atoms with van der Waals surface area (Å²) >= 11 is 0. The second kappa shape index (κ2) is 12.5. The molecule has 0 N–H and O–H groups in total. The first-order valence-electron chi connectivity index (χ1n) is 17.9. The Morgan fingerprint density at radius 3 is 1.56 bits per heavy atom. The van der Waals surface area contributed by atoms with Crippen LogP contribution in [0.2, 0.25) is 0 Å². The Morgan fingerprint density at radius 2 is 0.846 bits per heavy atom. The van der Waals surface area contributed by atoms with Crippen LogP contribution in [0.25, 0.3) is 71.3 Å². The molecule has 52 heavy (non-hydrogen) atoms. The maximum atomic E-state index is 2.46. The Hall–Kier alpha value is -6.90. The summed E-state index contributed by atoms with van der Waals surface area (Å²) in [6.45, 7) is 0. The van der Waals surface area contributed by atoms with Gasteiger partial charge in [0.2, 0.25) is 0 Å². The fraction of sp³-hybridized carbons (Fsp3) is 0. The van der Waals surface area contributed by atoms with E-state index in [0.29, 0.717) is 0 Å². The lowest BCUT2D eigenvalue weighted by molar-refractivity contribution is 1.18. The van der Waals surface area contributed by atoms with E-state index in [1.54, 1.807) is 0 Å². The number of fused-ring (bicyclic) bond motifs is 5. The van der Waals surface area contributed by atoms with Crippen molar-refractivity contribution in [2.45, 2.75) is 0 Å². The number of nitrogens with zero attached hydrogens (tertiary/aromatic N) is 2. The van der Waals surface area contributed by atoms with E-state index in [-0.39, 0.29) is 0 Å². The number of anilines is 3. The van der Waals surface area contributed by atoms with Gasteiger partial charge in [0, 0.05) is 33.2 Å². The summed E-state index contributed by atoms with van der Waals surface area (Å²) in [5.74, 6) is 0. The van der Waals surface area contributed by atoms with Gasteiger partial charge in [-0.15, -0.1) is 0 Å². The first-order valence-corrected chi connectivity index (χ1v) is 17.9. The first kappa shape index (κ1) is 30.0. The van der Waals surface area contributed by atoms with Crippen molar-refractivity contribution in [2.24, 2.45) is 0 Å². The standard InChI is InChI=1S/C50H34N2/c1-3-13-35(14-4-1)37-25-29-43(30-26-37)51(44-31-27-38(28-32-44)40-24-23-36-15-7-8-16-39(36)33-40)50-45-20-10-9-17-41(45)34-48-49(50)46-21-11-12-22-47(46)52(48)42-18-5-2-6-19-42/h1-34H. The third-order valence-electron chi connectivity index (χ3n) is 10.3. The molecule has 0 unspecified atom stereocenters. The minimum absolute atomic E-state index is 1.10. The molecule has 0 amide bonds. The van der Waals surface area contributed by atoms with Gasteiger partial charge in [0.05, 0.1) is 16.7 Å². The summed E-state index contributed by atoms with van der Waals surface area (Å²) < 4.78 is 2.42. The van der Waals surface area contributed by atoms with E-state index in [0.717, 1.165) is 17.1 Å². The quantitative estimate of drug-likeness (QED) is 0.172. The highest BCUT2D eigenvalue weighted by Gasteiger charge is 2.24. The molecule has 0 fully saturated rings. The van der Waals surface area contributed by atoms with E-state index in [2.05, 4.69) is 216 Å². The first-order chi connectivity index (χ1) is 25.8. The lowest BCUT2D eigenvalue weighted by Crippen LogP contribution is -2.11. The zero-order valence-corrected chi connectivity index (χ0v) is 28.5. The molecule has 9 aromatic carbocycles. The van der Waals surface area contributed by atoms with Crippen molar-refractivity contribution >= 4 is 60.4 Å². The summed E-state index contributed by atoms with van der Waals surface area (Å²) in [4.78, 5) is 2.46. The van der Waals surface area contributed by atoms with Gasteiger partial charge in [0.25, 0.3) is 0 Å². The maximum Gasteiger partial charge on any atom is 0.0640 e. The van der Waals surface area contributed by atoms with Crippen molar-refractivity contribution in [3.8, 4) is 27.9 Å². The van der Waals surface area contributed by atoms with Crippen molar-refractivity contribution in [3.05, 3.63) is 206 Å². The van der Waals surface area contributed by atoms with Crippen LogP contribution in [0.4, 0.5) is 17.1 Å². The van der Waals surface area contributed by atoms with Gasteiger partial charge in [0.15, 0.2) is 0 Å². The molecule has 0 aliphatic carbocycles. The van der Waals surface area contributed by atoms with E-state index >= 15 is 0 Å². The van der Waals surface area contributed by atoms with Crippen LogP contribution in [0, 0.1) is 0 Å². The number of aromatic nitrogens is 1. The van der Waals surface area contributed by atoms with E-state index in [1.807, 2.05) is 0 Å². The van der Waals surface area contributed by atoms with Gasteiger partial charge in [-0.2, -0.15) is 0 Å². The summed E-state index contributed by atoms with van der Waals surface area (Å²) in [5, 5.41) is 7.35. The summed E-state index contributed by atoms with van der Waals surface area (Å²) in [6.07, 6.45) is 0. The minimum Gasteiger partial charge on any atom is -0.309 e. The largest absolute Gasteiger partial charge is 0.309 e. The molecule has 0 spiro atoms. The van der Waals surface area contributed by atoms with Gasteiger partial charge in [-0.3, -0.25) is 0 Å². The molecule has 1 aromatic heterocycles. The fourth-order valence-corrected chi connectivity index (χ4v) is 7.87. The topological polar surface area (TPSA) is 8.17 Å². The van der Waals surface area contributed by atoms with Crippen molar-refractivity contribution in [1.29, 1.82) is 0 Å². The predicted octanol–water partition coefficient (Wildman–Crippen LogP) is 13.9. The van der Waals surface area contributed by atoms with Crippen LogP contribution in [0.5, 0.6) is 0 Å². The van der Waals surface area contributed by atoms with Crippen LogP contribution in [-0.4, -0.2) is 4.57 Å². The van der Waals surface area contributed by atoms with E-state index in [4.69, 9.17) is 0 Å². The van der Waals surface area contributed by atoms with Crippen LogP contribution in [0.3, 0.4) is 0 Å². The number of rotatable bonds is 6. The van der Waals surface area contributed by atoms with Gasteiger partial charge >= 0.3 is 0 Å². The molecular formula is C50H34N2. The van der Waals surface area contributed by atoms with Crippen molar-refractivity contribution in [2.75, 3.05) is 4.90 Å². The smallest absolute Gasteiger partial charge is 0.0640 e. The molecule has 0 atom stereocenters. The van der Waals surface area contributed by atoms with Gasteiger partial charge in [0.1, 0.15) is 0 Å². The number of hydrogen-bond acceptors (Lipinski definition) is 1. The Bertz CT molecular complexity index is 2870. The second-order valence-electron chi connectivity index (χ2n) is 13.4. The molecular weight excluding hydrogens is 629 g/mol. The Kier molecular flexibility index (Phi) is 7.18. The molecule has 10 rings (SSSR count). The molecule has 10 aromatic rings. The molecule has 244 valence electrons. The molecule has 0 aliphatic rings. The van der Waals surface area contributed by atoms with Crippen LogP contribution >= 0.6 is 0 Å². The molecule has 0 saturated heterocycles. The Morgan fingerprint density at radius 1 is 0.327 bits per heavy atom. The van der Waals surface area contributed by atoms with Gasteiger partial charge in [-0.1, -0.05) is 152 Å². The maximum absolute atomic E-state index is 2.46. The second-order valence-corrected chi connectivity index (χ2v) is 13.4. The van der Waals surface area contributed by atoms with Gasteiger partial charge in [-0.25, -0.2) is 0 Å². The minimum atomic E-state index is 1.10. The number of benzene rings is 9. The molecule has 1 heterocycles. The van der Waals surface area contributed by atoms with E-state index < -0.39 is 0 Å². The lowest BCUT2D eigenvalue weighted by Gasteiger charge is -2.28. The highest BCUT2D eigenvalue weighted by atomic mass is 15.1. The molecule has 0 bridgehead atoms. The third-order valence-corrected chi connectivity index (χ3v) is 10.3. The third kappa shape index (κ3) is 5.04. The summed E-state index contributed by atoms with van der Waals surface area (Å²) in [6, 6.07) is 74.7. The molecule has 0 saturated carbocycles. The van der Waals surface area contributed by atoms with E-state index in [9.17, 15) is 0 Å². The highest BCUT2D eigenvalue weighted by Crippen LogP contribution is 2.48. The average molecular weight is 663 g/mol. The van der Waals surface area contributed by atoms with E-state index in [1.165, 1.54) is 71.3 Å². The summed E-state index contributed by atoms with van der Waals surface area (Å²) in [7, 11) is 0. The molecule has 2 heteroatoms. The highest BCUT2D eigenvalue weighted by molar-refractivity contribution is 6.24. The normalized spacial score (nSPS) is 11.5. The predicted molar refractivity (Wildman–Crippen MR) is 221 cm³/mol. The van der Waals surface area contributed by atoms with Crippen molar-refractivity contribution < 1.29 is 0 Å². The number of para-hydroxylation sites is 2. The van der Waals surface area contributed by atoms with Crippen LogP contribution in [0.1, 0.15) is 0 Å². The molecule has 2 nitrogen and oxygen atoms in total. The van der Waals surface area contributed by atoms with Crippen molar-refractivity contribution in [1.82, 2.24) is 4.57 Å². The Labute approximate surface area is 303 Å². The molecule has 0 radical (unpaired) electrons. The fourth-order valence-electron chi connectivity index (χ4n) is 7.87. The van der Waals surface area contributed by atoms with Gasteiger partial charge < -0.3 is 9.47 Å². The van der Waals surface area contributed by atoms with Crippen LogP contribution in [0.15, 0.2) is 206 Å². The van der Waals surface area contributed by atoms with Crippen LogP contribution < -0.4 is 4.90 Å². The monoisotopic (exact) mass is 662 g/mol. The summed E-state index contributed by atoms with van der Waals surface area (Å²) in [5.41, 5.74) is 11.7. The molecule has 0 aliphatic heterocycles. The Balaban J connectivity index is 1.24. The zero-order chi connectivity index (χ0) is 34.4. The van der Waals surface area contributed by atoms with Crippen LogP contribution in [-0.2, 0) is 0 Å². The average Bonchev–Trinajstić information content (AvgIpc) is 3.55. The SMILES string of the molecule is c1ccc(-c2ccc(N(c3ccc(-c4ccc5ccccc5c4)cc3)c3c4ccccc4cc4c3c3ccccc3n4-c3ccccc3)cc2)cc1. The zero-order valence-electron chi connectivity index (χ0n) is 28.5.